The Bertz CT molecular complexity index is 1020. The fourth-order valence-electron chi connectivity index (χ4n) is 4.64. The number of benzene rings is 3. The first-order valence-corrected chi connectivity index (χ1v) is 10.2. The highest BCUT2D eigenvalue weighted by molar-refractivity contribution is 6.00. The Labute approximate surface area is 171 Å². The fraction of sp³-hybridized carbons (Fsp3) is 0.240. The van der Waals surface area contributed by atoms with Crippen LogP contribution in [-0.2, 0) is 0 Å². The summed E-state index contributed by atoms with van der Waals surface area (Å²) in [5.41, 5.74) is 7.21. The fourth-order valence-corrected chi connectivity index (χ4v) is 4.64. The molecule has 0 spiro atoms. The van der Waals surface area contributed by atoms with E-state index in [1.54, 1.807) is 6.07 Å². The lowest BCUT2D eigenvalue weighted by Crippen LogP contribution is -2.45. The minimum absolute atomic E-state index is 0.284. The van der Waals surface area contributed by atoms with Crippen LogP contribution in [0.15, 0.2) is 77.9 Å². The van der Waals surface area contributed by atoms with Crippen molar-refractivity contribution in [2.75, 3.05) is 26.2 Å². The van der Waals surface area contributed by atoms with Crippen molar-refractivity contribution < 1.29 is 5.11 Å². The number of aromatic hydroxyl groups is 1. The second-order valence-corrected chi connectivity index (χ2v) is 7.77. The van der Waals surface area contributed by atoms with E-state index in [-0.39, 0.29) is 5.75 Å². The summed E-state index contributed by atoms with van der Waals surface area (Å²) >= 11 is 0. The van der Waals surface area contributed by atoms with Gasteiger partial charge in [-0.25, -0.2) is 0 Å². The molecule has 0 atom stereocenters. The summed E-state index contributed by atoms with van der Waals surface area (Å²) in [7, 11) is 0. The van der Waals surface area contributed by atoms with E-state index in [2.05, 4.69) is 58.4 Å². The van der Waals surface area contributed by atoms with Crippen molar-refractivity contribution in [2.45, 2.75) is 13.0 Å². The maximum Gasteiger partial charge on any atom is 0.124 e. The zero-order valence-electron chi connectivity index (χ0n) is 16.6. The molecule has 1 saturated heterocycles. The van der Waals surface area contributed by atoms with Gasteiger partial charge < -0.3 is 5.11 Å². The second-order valence-electron chi connectivity index (χ2n) is 7.77. The van der Waals surface area contributed by atoms with Crippen LogP contribution in [-0.4, -0.2) is 46.9 Å². The molecule has 4 heteroatoms. The minimum Gasteiger partial charge on any atom is -0.507 e. The Morgan fingerprint density at radius 2 is 1.34 bits per heavy atom. The molecule has 0 amide bonds. The smallest absolute Gasteiger partial charge is 0.124 e. The Morgan fingerprint density at radius 3 is 1.97 bits per heavy atom. The molecule has 3 aromatic carbocycles. The highest BCUT2D eigenvalue weighted by atomic mass is 16.3. The number of phenols is 1. The van der Waals surface area contributed by atoms with Crippen LogP contribution in [0.2, 0.25) is 0 Å². The van der Waals surface area contributed by atoms with E-state index in [9.17, 15) is 5.11 Å². The first-order valence-electron chi connectivity index (χ1n) is 10.2. The summed E-state index contributed by atoms with van der Waals surface area (Å²) in [4.78, 5) is 2.58. The molecule has 0 aromatic heterocycles. The summed E-state index contributed by atoms with van der Waals surface area (Å²) < 4.78 is 0. The largest absolute Gasteiger partial charge is 0.507 e. The van der Waals surface area contributed by atoms with Gasteiger partial charge in [-0.2, -0.15) is 5.10 Å². The molecular formula is C25H25N3O. The normalized spacial score (nSPS) is 17.3. The molecule has 29 heavy (non-hydrogen) atoms. The standard InChI is InChI=1S/C25H25N3O/c1-18(19-8-6-7-13-24(19)29)26-28-16-14-27(15-17-28)25-22-11-4-2-9-20(22)21-10-3-5-12-23(21)25/h2-13,25,29H,14-17H2,1H3/b26-18+. The van der Waals surface area contributed by atoms with Gasteiger partial charge in [-0.15, -0.1) is 0 Å². The van der Waals surface area contributed by atoms with Crippen LogP contribution in [0.25, 0.3) is 11.1 Å². The third-order valence-electron chi connectivity index (χ3n) is 6.04. The number of hydrogen-bond acceptors (Lipinski definition) is 4. The lowest BCUT2D eigenvalue weighted by molar-refractivity contribution is 0.114. The maximum atomic E-state index is 10.1. The van der Waals surface area contributed by atoms with Crippen molar-refractivity contribution in [1.82, 2.24) is 9.91 Å². The van der Waals surface area contributed by atoms with Crippen molar-refractivity contribution >= 4 is 5.71 Å². The van der Waals surface area contributed by atoms with Crippen molar-refractivity contribution in [3.63, 3.8) is 0 Å². The van der Waals surface area contributed by atoms with Crippen LogP contribution in [0.1, 0.15) is 29.7 Å². The summed E-state index contributed by atoms with van der Waals surface area (Å²) in [5, 5.41) is 17.0. The van der Waals surface area contributed by atoms with Crippen LogP contribution in [0.3, 0.4) is 0 Å². The molecule has 4 nitrogen and oxygen atoms in total. The van der Waals surface area contributed by atoms with Gasteiger partial charge in [0.05, 0.1) is 11.8 Å². The zero-order chi connectivity index (χ0) is 19.8. The molecule has 0 bridgehead atoms. The first-order chi connectivity index (χ1) is 14.2. The van der Waals surface area contributed by atoms with Gasteiger partial charge in [0, 0.05) is 31.7 Å². The SMILES string of the molecule is C/C(=N\N1CCN(C2c3ccccc3-c3ccccc32)CC1)c1ccccc1O. The summed E-state index contributed by atoms with van der Waals surface area (Å²) in [6, 6.07) is 25.3. The van der Waals surface area contributed by atoms with Crippen LogP contribution >= 0.6 is 0 Å². The van der Waals surface area contributed by atoms with Gasteiger partial charge in [0.1, 0.15) is 5.75 Å². The predicted octanol–water partition coefficient (Wildman–Crippen LogP) is 4.50. The van der Waals surface area contributed by atoms with Crippen LogP contribution < -0.4 is 0 Å². The topological polar surface area (TPSA) is 39.1 Å². The average Bonchev–Trinajstić information content (AvgIpc) is 3.09. The molecule has 5 rings (SSSR count). The monoisotopic (exact) mass is 383 g/mol. The second kappa shape index (κ2) is 7.37. The summed E-state index contributed by atoms with van der Waals surface area (Å²) in [5.74, 6) is 0.284. The van der Waals surface area contributed by atoms with E-state index in [0.717, 1.165) is 37.5 Å². The minimum atomic E-state index is 0.284. The van der Waals surface area contributed by atoms with Crippen molar-refractivity contribution in [3.05, 3.63) is 89.5 Å². The highest BCUT2D eigenvalue weighted by Crippen LogP contribution is 2.46. The molecule has 0 radical (unpaired) electrons. The predicted molar refractivity (Wildman–Crippen MR) is 117 cm³/mol. The summed E-state index contributed by atoms with van der Waals surface area (Å²) in [6.07, 6.45) is 0. The van der Waals surface area contributed by atoms with Crippen LogP contribution in [0.5, 0.6) is 5.75 Å². The van der Waals surface area contributed by atoms with E-state index in [0.29, 0.717) is 6.04 Å². The van der Waals surface area contributed by atoms with Gasteiger partial charge in [-0.05, 0) is 41.3 Å². The Kier molecular flexibility index (Phi) is 4.57. The van der Waals surface area contributed by atoms with E-state index < -0.39 is 0 Å². The van der Waals surface area contributed by atoms with Gasteiger partial charge in [0.2, 0.25) is 0 Å². The quantitative estimate of drug-likeness (QED) is 0.677. The number of hydrogen-bond donors (Lipinski definition) is 1. The average molecular weight is 383 g/mol. The third kappa shape index (κ3) is 3.19. The molecule has 0 unspecified atom stereocenters. The number of nitrogens with zero attached hydrogens (tertiary/aromatic N) is 3. The number of phenolic OH excluding ortho intramolecular Hbond substituents is 1. The van der Waals surface area contributed by atoms with Gasteiger partial charge in [0.25, 0.3) is 0 Å². The molecule has 1 aliphatic carbocycles. The van der Waals surface area contributed by atoms with Gasteiger partial charge in [-0.3, -0.25) is 9.91 Å². The number of fused-ring (bicyclic) bond motifs is 3. The van der Waals surface area contributed by atoms with Crippen molar-refractivity contribution in [3.8, 4) is 16.9 Å². The molecule has 1 N–H and O–H groups in total. The molecule has 1 aliphatic heterocycles. The zero-order valence-corrected chi connectivity index (χ0v) is 16.6. The van der Waals surface area contributed by atoms with Crippen molar-refractivity contribution in [1.29, 1.82) is 0 Å². The molecular weight excluding hydrogens is 358 g/mol. The van der Waals surface area contributed by atoms with Gasteiger partial charge in [0.15, 0.2) is 0 Å². The molecule has 0 saturated carbocycles. The van der Waals surface area contributed by atoms with Crippen LogP contribution in [0, 0.1) is 0 Å². The number of para-hydroxylation sites is 1. The first kappa shape index (κ1) is 18.0. The van der Waals surface area contributed by atoms with E-state index in [1.165, 1.54) is 22.3 Å². The molecule has 2 aliphatic rings. The maximum absolute atomic E-state index is 10.1. The lowest BCUT2D eigenvalue weighted by atomic mass is 10.0. The molecule has 1 fully saturated rings. The van der Waals surface area contributed by atoms with Crippen molar-refractivity contribution in [2.24, 2.45) is 5.10 Å². The third-order valence-corrected chi connectivity index (χ3v) is 6.04. The number of rotatable bonds is 3. The van der Waals surface area contributed by atoms with E-state index in [4.69, 9.17) is 5.10 Å². The van der Waals surface area contributed by atoms with E-state index >= 15 is 0 Å². The van der Waals surface area contributed by atoms with Gasteiger partial charge >= 0.3 is 0 Å². The molecule has 3 aromatic rings. The van der Waals surface area contributed by atoms with E-state index in [1.807, 2.05) is 25.1 Å². The highest BCUT2D eigenvalue weighted by Gasteiger charge is 2.34. The molecule has 146 valence electrons. The Balaban J connectivity index is 1.35. The van der Waals surface area contributed by atoms with Gasteiger partial charge in [-0.1, -0.05) is 60.7 Å². The number of hydrazone groups is 1. The Morgan fingerprint density at radius 1 is 0.793 bits per heavy atom. The Hall–Kier alpha value is -3.11. The van der Waals surface area contributed by atoms with Crippen LogP contribution in [0.4, 0.5) is 0 Å². The number of piperazine rings is 1. The lowest BCUT2D eigenvalue weighted by Gasteiger charge is -2.37. The summed E-state index contributed by atoms with van der Waals surface area (Å²) in [6.45, 7) is 5.65. The molecule has 1 heterocycles.